The fourth-order valence-electron chi connectivity index (χ4n) is 3.20. The third-order valence-electron chi connectivity index (χ3n) is 4.45. The van der Waals surface area contributed by atoms with Crippen LogP contribution in [0, 0.1) is 6.92 Å². The summed E-state index contributed by atoms with van der Waals surface area (Å²) in [4.78, 5) is 21.0. The van der Waals surface area contributed by atoms with Gasteiger partial charge < -0.3 is 14.5 Å². The Labute approximate surface area is 137 Å². The van der Waals surface area contributed by atoms with Gasteiger partial charge in [0.1, 0.15) is 11.5 Å². The molecule has 1 saturated heterocycles. The first-order valence-corrected chi connectivity index (χ1v) is 7.81. The van der Waals surface area contributed by atoms with Gasteiger partial charge in [-0.25, -0.2) is 4.98 Å². The van der Waals surface area contributed by atoms with Crippen molar-refractivity contribution in [2.75, 3.05) is 13.1 Å². The number of hydrogen-bond donors (Lipinski definition) is 1. The number of halogens is 3. The topological polar surface area (TPSA) is 53.9 Å². The molecule has 1 aliphatic rings. The summed E-state index contributed by atoms with van der Waals surface area (Å²) in [6.07, 6.45) is -0.287. The fourth-order valence-corrected chi connectivity index (χ4v) is 3.20. The second-order valence-electron chi connectivity index (χ2n) is 6.22. The van der Waals surface area contributed by atoms with Gasteiger partial charge >= 0.3 is 6.18 Å². The van der Waals surface area contributed by atoms with E-state index in [2.05, 4.69) is 9.97 Å². The van der Waals surface area contributed by atoms with E-state index in [9.17, 15) is 18.0 Å². The van der Waals surface area contributed by atoms with Crippen molar-refractivity contribution in [2.45, 2.75) is 31.9 Å². The van der Waals surface area contributed by atoms with Crippen LogP contribution in [0.25, 0.3) is 0 Å². The number of aryl methyl sites for hydroxylation is 2. The molecule has 5 nitrogen and oxygen atoms in total. The zero-order chi connectivity index (χ0) is 17.5. The quantitative estimate of drug-likeness (QED) is 0.913. The van der Waals surface area contributed by atoms with E-state index in [4.69, 9.17) is 0 Å². The van der Waals surface area contributed by atoms with Crippen molar-refractivity contribution < 1.29 is 18.0 Å². The smallest absolute Gasteiger partial charge is 0.357 e. The molecule has 0 aliphatic carbocycles. The van der Waals surface area contributed by atoms with Gasteiger partial charge in [-0.2, -0.15) is 13.2 Å². The van der Waals surface area contributed by atoms with E-state index < -0.39 is 11.9 Å². The predicted molar refractivity (Wildman–Crippen MR) is 81.6 cm³/mol. The number of rotatable bonds is 2. The minimum absolute atomic E-state index is 0.118. The number of piperidine rings is 1. The maximum atomic E-state index is 12.8. The maximum absolute atomic E-state index is 12.8. The number of nitrogens with one attached hydrogen (secondary N) is 1. The average Bonchev–Trinajstić information content (AvgIpc) is 3.12. The predicted octanol–water partition coefficient (Wildman–Crippen LogP) is 3.10. The van der Waals surface area contributed by atoms with E-state index >= 15 is 0 Å². The summed E-state index contributed by atoms with van der Waals surface area (Å²) in [6, 6.07) is 1.82. The number of carbonyl (C=O) groups is 1. The summed E-state index contributed by atoms with van der Waals surface area (Å²) in [5.74, 6) is 0.0644. The molecule has 1 aliphatic heterocycles. The number of aromatic amines is 1. The molecule has 0 unspecified atom stereocenters. The van der Waals surface area contributed by atoms with E-state index in [-0.39, 0.29) is 11.8 Å². The van der Waals surface area contributed by atoms with Gasteiger partial charge in [0.15, 0.2) is 5.69 Å². The standard InChI is InChI=1S/C16H19F3N4O/c1-10-5-6-20-13(10)15(24)23-7-3-4-11(8-23)14-21-12(9-22(14)2)16(17,18)19/h5-6,9,11,20H,3-4,7-8H2,1-2H3/t11-/m1/s1. The van der Waals surface area contributed by atoms with E-state index in [1.54, 1.807) is 18.1 Å². The average molecular weight is 340 g/mol. The van der Waals surface area contributed by atoms with E-state index in [1.165, 1.54) is 4.57 Å². The third kappa shape index (κ3) is 3.05. The second kappa shape index (κ2) is 5.99. The molecule has 1 amide bonds. The van der Waals surface area contributed by atoms with Gasteiger partial charge in [-0.15, -0.1) is 0 Å². The van der Waals surface area contributed by atoms with E-state index in [0.29, 0.717) is 24.6 Å². The van der Waals surface area contributed by atoms with Gasteiger partial charge in [0.05, 0.1) is 0 Å². The van der Waals surface area contributed by atoms with Gasteiger partial charge in [-0.05, 0) is 31.4 Å². The lowest BCUT2D eigenvalue weighted by Crippen LogP contribution is -2.40. The Morgan fingerprint density at radius 3 is 2.75 bits per heavy atom. The van der Waals surface area contributed by atoms with E-state index in [0.717, 1.165) is 24.6 Å². The maximum Gasteiger partial charge on any atom is 0.434 e. The molecule has 3 rings (SSSR count). The van der Waals surface area contributed by atoms with Crippen molar-refractivity contribution >= 4 is 5.91 Å². The fraction of sp³-hybridized carbons (Fsp3) is 0.500. The highest BCUT2D eigenvalue weighted by Crippen LogP contribution is 2.32. The Hall–Kier alpha value is -2.25. The number of carbonyl (C=O) groups excluding carboxylic acids is 1. The number of H-pyrrole nitrogens is 1. The van der Waals surface area contributed by atoms with Crippen LogP contribution in [0.15, 0.2) is 18.5 Å². The van der Waals surface area contributed by atoms with Gasteiger partial charge in [0, 0.05) is 38.4 Å². The highest BCUT2D eigenvalue weighted by molar-refractivity contribution is 5.93. The summed E-state index contributed by atoms with van der Waals surface area (Å²) >= 11 is 0. The van der Waals surface area contributed by atoms with Crippen molar-refractivity contribution in [2.24, 2.45) is 7.05 Å². The van der Waals surface area contributed by atoms with Crippen LogP contribution in [0.5, 0.6) is 0 Å². The van der Waals surface area contributed by atoms with Crippen LogP contribution in [0.1, 0.15) is 46.3 Å². The molecule has 2 aromatic rings. The number of amides is 1. The van der Waals surface area contributed by atoms with Crippen LogP contribution >= 0.6 is 0 Å². The Morgan fingerprint density at radius 1 is 1.42 bits per heavy atom. The van der Waals surface area contributed by atoms with Crippen LogP contribution in [0.3, 0.4) is 0 Å². The molecular weight excluding hydrogens is 321 g/mol. The largest absolute Gasteiger partial charge is 0.434 e. The molecule has 24 heavy (non-hydrogen) atoms. The SMILES string of the molecule is Cc1cc[nH]c1C(=O)N1CCC[C@@H](c2nc(C(F)(F)F)cn2C)C1. The number of hydrogen-bond acceptors (Lipinski definition) is 2. The monoisotopic (exact) mass is 340 g/mol. The summed E-state index contributed by atoms with van der Waals surface area (Å²) in [5, 5.41) is 0. The molecule has 8 heteroatoms. The Bertz CT molecular complexity index is 747. The summed E-state index contributed by atoms with van der Waals surface area (Å²) in [6.45, 7) is 2.82. The first-order valence-electron chi connectivity index (χ1n) is 7.81. The molecule has 0 spiro atoms. The third-order valence-corrected chi connectivity index (χ3v) is 4.45. The number of aromatic nitrogens is 3. The van der Waals surface area contributed by atoms with Crippen molar-refractivity contribution in [1.82, 2.24) is 19.4 Å². The van der Waals surface area contributed by atoms with Crippen LogP contribution < -0.4 is 0 Å². The van der Waals surface area contributed by atoms with Crippen molar-refractivity contribution in [3.8, 4) is 0 Å². The summed E-state index contributed by atoms with van der Waals surface area (Å²) in [7, 11) is 1.56. The number of nitrogens with zero attached hydrogens (tertiary/aromatic N) is 3. The Morgan fingerprint density at radius 2 is 2.17 bits per heavy atom. The molecule has 2 aromatic heterocycles. The second-order valence-corrected chi connectivity index (χ2v) is 6.22. The Balaban J connectivity index is 1.80. The van der Waals surface area contributed by atoms with Crippen LogP contribution in [0.2, 0.25) is 0 Å². The zero-order valence-corrected chi connectivity index (χ0v) is 13.5. The molecular formula is C16H19F3N4O. The van der Waals surface area contributed by atoms with Crippen LogP contribution in [-0.4, -0.2) is 38.4 Å². The van der Waals surface area contributed by atoms with Crippen LogP contribution in [0.4, 0.5) is 13.2 Å². The van der Waals surface area contributed by atoms with Gasteiger partial charge in [-0.3, -0.25) is 4.79 Å². The first-order chi connectivity index (χ1) is 11.3. The molecule has 1 atom stereocenters. The lowest BCUT2D eigenvalue weighted by atomic mass is 9.96. The normalized spacial score (nSPS) is 18.9. The van der Waals surface area contributed by atoms with Crippen molar-refractivity contribution in [3.05, 3.63) is 41.2 Å². The lowest BCUT2D eigenvalue weighted by molar-refractivity contribution is -0.141. The van der Waals surface area contributed by atoms with Crippen LogP contribution in [-0.2, 0) is 13.2 Å². The van der Waals surface area contributed by atoms with Gasteiger partial charge in [0.25, 0.3) is 5.91 Å². The zero-order valence-electron chi connectivity index (χ0n) is 13.5. The molecule has 130 valence electrons. The number of likely N-dealkylation sites (tertiary alicyclic amines) is 1. The molecule has 1 fully saturated rings. The van der Waals surface area contributed by atoms with Crippen molar-refractivity contribution in [1.29, 1.82) is 0 Å². The molecule has 0 radical (unpaired) electrons. The minimum Gasteiger partial charge on any atom is -0.357 e. The highest BCUT2D eigenvalue weighted by Gasteiger charge is 2.36. The molecule has 1 N–H and O–H groups in total. The molecule has 3 heterocycles. The molecule has 0 aromatic carbocycles. The summed E-state index contributed by atoms with van der Waals surface area (Å²) in [5.41, 5.74) is 0.508. The van der Waals surface area contributed by atoms with E-state index in [1.807, 2.05) is 13.0 Å². The number of imidazole rings is 1. The molecule has 0 saturated carbocycles. The molecule has 0 bridgehead atoms. The highest BCUT2D eigenvalue weighted by atomic mass is 19.4. The summed E-state index contributed by atoms with van der Waals surface area (Å²) < 4.78 is 39.9. The number of alkyl halides is 3. The first kappa shape index (κ1) is 16.6. The van der Waals surface area contributed by atoms with Crippen molar-refractivity contribution in [3.63, 3.8) is 0 Å². The minimum atomic E-state index is -4.46. The van der Waals surface area contributed by atoms with Gasteiger partial charge in [-0.1, -0.05) is 0 Å². The van der Waals surface area contributed by atoms with Gasteiger partial charge in [0.2, 0.25) is 0 Å². The Kier molecular flexibility index (Phi) is 4.15. The lowest BCUT2D eigenvalue weighted by Gasteiger charge is -2.32.